The lowest BCUT2D eigenvalue weighted by Crippen LogP contribution is -2.34. The van der Waals surface area contributed by atoms with Crippen LogP contribution in [0.2, 0.25) is 0 Å². The fourth-order valence-corrected chi connectivity index (χ4v) is 2.76. The van der Waals surface area contributed by atoms with E-state index in [1.165, 1.54) is 0 Å². The van der Waals surface area contributed by atoms with Crippen LogP contribution in [0.1, 0.15) is 44.1 Å². The van der Waals surface area contributed by atoms with E-state index in [9.17, 15) is 4.79 Å². The number of carbonyl (C=O) groups is 1. The van der Waals surface area contributed by atoms with Crippen molar-refractivity contribution in [1.82, 2.24) is 10.3 Å². The van der Waals surface area contributed by atoms with Gasteiger partial charge >= 0.3 is 6.03 Å². The van der Waals surface area contributed by atoms with Crippen LogP contribution in [0.25, 0.3) is 0 Å². The number of ether oxygens (including phenoxy) is 1. The van der Waals surface area contributed by atoms with Gasteiger partial charge in [-0.25, -0.2) is 9.78 Å². The van der Waals surface area contributed by atoms with E-state index in [2.05, 4.69) is 15.6 Å². The van der Waals surface area contributed by atoms with Crippen LogP contribution in [0.4, 0.5) is 10.5 Å². The van der Waals surface area contributed by atoms with Crippen molar-refractivity contribution in [3.05, 3.63) is 42.0 Å². The Morgan fingerprint density at radius 2 is 2.30 bits per heavy atom. The summed E-state index contributed by atoms with van der Waals surface area (Å²) in [5.41, 5.74) is 1.62. The number of furan rings is 1. The van der Waals surface area contributed by atoms with E-state index in [0.29, 0.717) is 11.6 Å². The lowest BCUT2D eigenvalue weighted by molar-refractivity contribution is 0.232. The number of urea groups is 1. The molecule has 0 fully saturated rings. The van der Waals surface area contributed by atoms with Crippen LogP contribution in [0.5, 0.6) is 5.88 Å². The second-order valence-corrected chi connectivity index (χ2v) is 5.87. The molecule has 0 spiro atoms. The van der Waals surface area contributed by atoms with Crippen molar-refractivity contribution in [3.63, 3.8) is 0 Å². The first kappa shape index (κ1) is 15.4. The van der Waals surface area contributed by atoms with Gasteiger partial charge in [0, 0.05) is 18.2 Å². The third-order valence-corrected chi connectivity index (χ3v) is 3.72. The van der Waals surface area contributed by atoms with E-state index in [0.717, 1.165) is 30.6 Å². The normalized spacial score (nSPS) is 16.7. The summed E-state index contributed by atoms with van der Waals surface area (Å²) < 4.78 is 11.1. The maximum atomic E-state index is 12.3. The summed E-state index contributed by atoms with van der Waals surface area (Å²) in [5.74, 6) is 1.39. The fraction of sp³-hybridized carbons (Fsp3) is 0.412. The molecule has 2 heterocycles. The third-order valence-electron chi connectivity index (χ3n) is 3.72. The van der Waals surface area contributed by atoms with Crippen LogP contribution in [0, 0.1) is 0 Å². The van der Waals surface area contributed by atoms with E-state index < -0.39 is 0 Å². The number of hydrogen-bond donors (Lipinski definition) is 2. The number of hydrogen-bond acceptors (Lipinski definition) is 4. The minimum Gasteiger partial charge on any atom is -0.473 e. The number of fused-ring (bicyclic) bond motifs is 1. The number of rotatable bonds is 4. The molecule has 2 aromatic rings. The number of nitrogens with one attached hydrogen (secondary N) is 2. The Labute approximate surface area is 135 Å². The van der Waals surface area contributed by atoms with Crippen molar-refractivity contribution in [2.45, 2.75) is 45.3 Å². The number of nitrogens with zero attached hydrogens (tertiary/aromatic N) is 1. The average molecular weight is 315 g/mol. The van der Waals surface area contributed by atoms with Gasteiger partial charge in [-0.2, -0.15) is 0 Å². The van der Waals surface area contributed by atoms with Gasteiger partial charge in [0.15, 0.2) is 0 Å². The number of anilines is 1. The Balaban J connectivity index is 1.67. The minimum atomic E-state index is -0.273. The quantitative estimate of drug-likeness (QED) is 0.902. The zero-order valence-electron chi connectivity index (χ0n) is 13.3. The summed E-state index contributed by atoms with van der Waals surface area (Å²) in [4.78, 5) is 16.5. The summed E-state index contributed by atoms with van der Waals surface area (Å²) in [6.45, 7) is 3.84. The molecule has 2 N–H and O–H groups in total. The van der Waals surface area contributed by atoms with Crippen LogP contribution in [0.15, 0.2) is 35.1 Å². The lowest BCUT2D eigenvalue weighted by atomic mass is 9.93. The third kappa shape index (κ3) is 3.64. The molecule has 0 aliphatic heterocycles. The lowest BCUT2D eigenvalue weighted by Gasteiger charge is -2.23. The Hall–Kier alpha value is -2.50. The highest BCUT2D eigenvalue weighted by Crippen LogP contribution is 2.30. The number of carbonyl (C=O) groups excluding carboxylic acids is 1. The van der Waals surface area contributed by atoms with E-state index >= 15 is 0 Å². The molecule has 0 saturated heterocycles. The molecule has 6 heteroatoms. The summed E-state index contributed by atoms with van der Waals surface area (Å²) in [7, 11) is 0. The van der Waals surface area contributed by atoms with E-state index in [4.69, 9.17) is 9.15 Å². The first-order valence-electron chi connectivity index (χ1n) is 7.89. The molecule has 1 aliphatic carbocycles. The van der Waals surface area contributed by atoms with Crippen LogP contribution in [-0.2, 0) is 6.42 Å². The largest absolute Gasteiger partial charge is 0.473 e. The highest BCUT2D eigenvalue weighted by Gasteiger charge is 2.24. The van der Waals surface area contributed by atoms with Crippen LogP contribution >= 0.6 is 0 Å². The molecule has 3 rings (SSSR count). The summed E-state index contributed by atoms with van der Waals surface area (Å²) >= 11 is 0. The second kappa shape index (κ2) is 6.73. The van der Waals surface area contributed by atoms with Crippen LogP contribution < -0.4 is 15.4 Å². The maximum absolute atomic E-state index is 12.3. The summed E-state index contributed by atoms with van der Waals surface area (Å²) in [5, 5.41) is 5.81. The molecular formula is C17H21N3O3. The average Bonchev–Trinajstić information content (AvgIpc) is 2.98. The molecule has 2 aromatic heterocycles. The molecule has 0 saturated carbocycles. The Kier molecular flexibility index (Phi) is 4.50. The first-order chi connectivity index (χ1) is 11.1. The van der Waals surface area contributed by atoms with Crippen molar-refractivity contribution >= 4 is 11.7 Å². The van der Waals surface area contributed by atoms with Gasteiger partial charge in [0.25, 0.3) is 0 Å². The number of amides is 2. The Bertz CT molecular complexity index is 681. The van der Waals surface area contributed by atoms with Crippen molar-refractivity contribution in [2.24, 2.45) is 0 Å². The topological polar surface area (TPSA) is 76.4 Å². The molecule has 23 heavy (non-hydrogen) atoms. The molecule has 0 radical (unpaired) electrons. The highest BCUT2D eigenvalue weighted by atomic mass is 16.5. The van der Waals surface area contributed by atoms with Crippen molar-refractivity contribution in [2.75, 3.05) is 5.32 Å². The Morgan fingerprint density at radius 1 is 1.43 bits per heavy atom. The SMILES string of the molecule is CC(C)Oc1ncccc1NC(=O)NC1CCCc2occc21. The minimum absolute atomic E-state index is 0.0136. The van der Waals surface area contributed by atoms with Gasteiger partial charge in [-0.15, -0.1) is 0 Å². The zero-order chi connectivity index (χ0) is 16.2. The van der Waals surface area contributed by atoms with Gasteiger partial charge in [0.05, 0.1) is 18.4 Å². The highest BCUT2D eigenvalue weighted by molar-refractivity contribution is 5.90. The number of aromatic nitrogens is 1. The molecule has 0 aromatic carbocycles. The monoisotopic (exact) mass is 315 g/mol. The second-order valence-electron chi connectivity index (χ2n) is 5.87. The molecule has 1 aliphatic rings. The molecule has 2 amide bonds. The van der Waals surface area contributed by atoms with E-state index in [1.807, 2.05) is 19.9 Å². The predicted octanol–water partition coefficient (Wildman–Crippen LogP) is 3.66. The maximum Gasteiger partial charge on any atom is 0.319 e. The summed E-state index contributed by atoms with van der Waals surface area (Å²) in [6, 6.07) is 5.16. The smallest absolute Gasteiger partial charge is 0.319 e. The van der Waals surface area contributed by atoms with Gasteiger partial charge in [-0.05, 0) is 44.9 Å². The Morgan fingerprint density at radius 3 is 3.13 bits per heavy atom. The number of aryl methyl sites for hydroxylation is 1. The van der Waals surface area contributed by atoms with Gasteiger partial charge in [-0.3, -0.25) is 0 Å². The number of pyridine rings is 1. The standard InChI is InChI=1S/C17H21N3O3/c1-11(2)23-16-14(6-4-9-18-16)20-17(21)19-13-5-3-7-15-12(13)8-10-22-15/h4,6,8-11,13H,3,5,7H2,1-2H3,(H2,19,20,21). The zero-order valence-corrected chi connectivity index (χ0v) is 13.3. The summed E-state index contributed by atoms with van der Waals surface area (Å²) in [6.07, 6.45) is 6.14. The fourth-order valence-electron chi connectivity index (χ4n) is 2.76. The van der Waals surface area contributed by atoms with Gasteiger partial charge in [0.1, 0.15) is 11.4 Å². The molecular weight excluding hydrogens is 294 g/mol. The van der Waals surface area contributed by atoms with Gasteiger partial charge in [0.2, 0.25) is 5.88 Å². The molecule has 1 unspecified atom stereocenters. The van der Waals surface area contributed by atoms with Crippen molar-refractivity contribution < 1.29 is 13.9 Å². The molecule has 0 bridgehead atoms. The molecule has 1 atom stereocenters. The molecule has 122 valence electrons. The van der Waals surface area contributed by atoms with Crippen molar-refractivity contribution in [1.29, 1.82) is 0 Å². The van der Waals surface area contributed by atoms with Crippen LogP contribution in [-0.4, -0.2) is 17.1 Å². The molecule has 6 nitrogen and oxygen atoms in total. The van der Waals surface area contributed by atoms with Crippen molar-refractivity contribution in [3.8, 4) is 5.88 Å². The van der Waals surface area contributed by atoms with Gasteiger partial charge in [-0.1, -0.05) is 0 Å². The first-order valence-corrected chi connectivity index (χ1v) is 7.89. The van der Waals surface area contributed by atoms with Crippen LogP contribution in [0.3, 0.4) is 0 Å². The predicted molar refractivity (Wildman–Crippen MR) is 86.5 cm³/mol. The van der Waals surface area contributed by atoms with E-state index in [1.54, 1.807) is 24.6 Å². The van der Waals surface area contributed by atoms with Gasteiger partial charge < -0.3 is 19.8 Å². The van der Waals surface area contributed by atoms with E-state index in [-0.39, 0.29) is 18.2 Å².